The number of rotatable bonds is 4. The van der Waals surface area contributed by atoms with Crippen molar-refractivity contribution in [2.24, 2.45) is 0 Å². The highest BCUT2D eigenvalue weighted by atomic mass is 19.4. The standard InChI is InChI=1S/C18H17F3N2O3/c1-11(22-14-6-7-15-16(10-14)26-9-8-25-15)17(24)23-13-4-2-12(3-5-13)18(19,20)21/h2-7,10-11,22H,8-9H2,1H3,(H,23,24)/t11-/m0/s1. The monoisotopic (exact) mass is 366 g/mol. The molecule has 0 spiro atoms. The molecular formula is C18H17F3N2O3. The maximum absolute atomic E-state index is 12.6. The second-order valence-corrected chi connectivity index (χ2v) is 5.79. The molecule has 1 atom stereocenters. The average molecular weight is 366 g/mol. The van der Waals surface area contributed by atoms with Gasteiger partial charge in [-0.3, -0.25) is 4.79 Å². The van der Waals surface area contributed by atoms with E-state index in [0.717, 1.165) is 12.1 Å². The number of anilines is 2. The van der Waals surface area contributed by atoms with E-state index in [9.17, 15) is 18.0 Å². The highest BCUT2D eigenvalue weighted by molar-refractivity contribution is 5.96. The minimum Gasteiger partial charge on any atom is -0.486 e. The minimum atomic E-state index is -4.41. The van der Waals surface area contributed by atoms with Crippen LogP contribution in [0.2, 0.25) is 0 Å². The summed E-state index contributed by atoms with van der Waals surface area (Å²) in [6, 6.07) is 8.92. The van der Waals surface area contributed by atoms with Crippen molar-refractivity contribution < 1.29 is 27.4 Å². The first kappa shape index (κ1) is 17.9. The third-order valence-corrected chi connectivity index (χ3v) is 3.80. The van der Waals surface area contributed by atoms with Crippen LogP contribution in [0.15, 0.2) is 42.5 Å². The Bertz CT molecular complexity index is 791. The fraction of sp³-hybridized carbons (Fsp3) is 0.278. The van der Waals surface area contributed by atoms with Crippen molar-refractivity contribution in [2.45, 2.75) is 19.1 Å². The number of hydrogen-bond donors (Lipinski definition) is 2. The molecule has 26 heavy (non-hydrogen) atoms. The summed E-state index contributed by atoms with van der Waals surface area (Å²) in [5.74, 6) is 0.861. The van der Waals surface area contributed by atoms with Crippen LogP contribution in [0.5, 0.6) is 11.5 Å². The first-order valence-electron chi connectivity index (χ1n) is 7.97. The molecule has 2 aromatic carbocycles. The van der Waals surface area contributed by atoms with E-state index in [0.29, 0.717) is 36.1 Å². The van der Waals surface area contributed by atoms with Crippen LogP contribution in [0.4, 0.5) is 24.5 Å². The van der Waals surface area contributed by atoms with E-state index in [2.05, 4.69) is 10.6 Å². The van der Waals surface area contributed by atoms with Crippen LogP contribution in [0.3, 0.4) is 0 Å². The Balaban J connectivity index is 1.61. The molecule has 0 aromatic heterocycles. The Morgan fingerprint density at radius 2 is 1.62 bits per heavy atom. The maximum Gasteiger partial charge on any atom is 0.416 e. The summed E-state index contributed by atoms with van der Waals surface area (Å²) in [6.07, 6.45) is -4.41. The molecule has 0 saturated carbocycles. The maximum atomic E-state index is 12.6. The zero-order chi connectivity index (χ0) is 18.7. The number of carbonyl (C=O) groups excluding carboxylic acids is 1. The Morgan fingerprint density at radius 1 is 1.00 bits per heavy atom. The number of halogens is 3. The van der Waals surface area contributed by atoms with Crippen LogP contribution in [0, 0.1) is 0 Å². The van der Waals surface area contributed by atoms with Crippen molar-refractivity contribution in [3.05, 3.63) is 48.0 Å². The number of carbonyl (C=O) groups is 1. The fourth-order valence-corrected chi connectivity index (χ4v) is 2.44. The number of hydrogen-bond acceptors (Lipinski definition) is 4. The first-order chi connectivity index (χ1) is 12.3. The highest BCUT2D eigenvalue weighted by Gasteiger charge is 2.30. The number of ether oxygens (including phenoxy) is 2. The summed E-state index contributed by atoms with van der Waals surface area (Å²) in [6.45, 7) is 2.60. The molecule has 0 fully saturated rings. The van der Waals surface area contributed by atoms with Gasteiger partial charge in [0, 0.05) is 17.4 Å². The zero-order valence-electron chi connectivity index (χ0n) is 13.9. The number of nitrogens with one attached hydrogen (secondary N) is 2. The van der Waals surface area contributed by atoms with Gasteiger partial charge in [0.2, 0.25) is 5.91 Å². The molecule has 0 unspecified atom stereocenters. The lowest BCUT2D eigenvalue weighted by molar-refractivity contribution is -0.137. The van der Waals surface area contributed by atoms with Crippen molar-refractivity contribution in [3.8, 4) is 11.5 Å². The van der Waals surface area contributed by atoms with E-state index in [1.165, 1.54) is 12.1 Å². The molecule has 138 valence electrons. The molecule has 1 aliphatic heterocycles. The molecule has 2 N–H and O–H groups in total. The van der Waals surface area contributed by atoms with Gasteiger partial charge in [0.15, 0.2) is 11.5 Å². The largest absolute Gasteiger partial charge is 0.486 e. The smallest absolute Gasteiger partial charge is 0.416 e. The van der Waals surface area contributed by atoms with Gasteiger partial charge in [0.05, 0.1) is 5.56 Å². The summed E-state index contributed by atoms with van der Waals surface area (Å²) in [5.41, 5.74) is 0.195. The van der Waals surface area contributed by atoms with Crippen LogP contribution >= 0.6 is 0 Å². The van der Waals surface area contributed by atoms with Gasteiger partial charge in [0.25, 0.3) is 0 Å². The van der Waals surface area contributed by atoms with Gasteiger partial charge in [-0.1, -0.05) is 0 Å². The Morgan fingerprint density at radius 3 is 2.27 bits per heavy atom. The Hall–Kier alpha value is -2.90. The van der Waals surface area contributed by atoms with E-state index < -0.39 is 17.8 Å². The Kier molecular flexibility index (Phi) is 4.92. The molecule has 0 aliphatic carbocycles. The van der Waals surface area contributed by atoms with E-state index in [4.69, 9.17) is 9.47 Å². The van der Waals surface area contributed by atoms with Gasteiger partial charge >= 0.3 is 6.18 Å². The third kappa shape index (κ3) is 4.19. The van der Waals surface area contributed by atoms with Crippen LogP contribution < -0.4 is 20.1 Å². The lowest BCUT2D eigenvalue weighted by atomic mass is 10.2. The highest BCUT2D eigenvalue weighted by Crippen LogP contribution is 2.33. The fourth-order valence-electron chi connectivity index (χ4n) is 2.44. The van der Waals surface area contributed by atoms with Crippen LogP contribution in [-0.4, -0.2) is 25.2 Å². The van der Waals surface area contributed by atoms with Crippen molar-refractivity contribution in [3.63, 3.8) is 0 Å². The van der Waals surface area contributed by atoms with Gasteiger partial charge in [-0.2, -0.15) is 13.2 Å². The molecule has 3 rings (SSSR count). The zero-order valence-corrected chi connectivity index (χ0v) is 13.9. The Labute approximate surface area is 148 Å². The lowest BCUT2D eigenvalue weighted by Crippen LogP contribution is -2.31. The second-order valence-electron chi connectivity index (χ2n) is 5.79. The number of benzene rings is 2. The van der Waals surface area contributed by atoms with Gasteiger partial charge in [0.1, 0.15) is 19.3 Å². The van der Waals surface area contributed by atoms with Gasteiger partial charge in [-0.25, -0.2) is 0 Å². The van der Waals surface area contributed by atoms with E-state index in [-0.39, 0.29) is 5.91 Å². The first-order valence-corrected chi connectivity index (χ1v) is 7.97. The van der Waals surface area contributed by atoms with Gasteiger partial charge in [-0.05, 0) is 43.3 Å². The van der Waals surface area contributed by atoms with Crippen LogP contribution in [-0.2, 0) is 11.0 Å². The van der Waals surface area contributed by atoms with Crippen molar-refractivity contribution in [2.75, 3.05) is 23.8 Å². The molecule has 0 radical (unpaired) electrons. The minimum absolute atomic E-state index is 0.291. The third-order valence-electron chi connectivity index (χ3n) is 3.80. The number of amides is 1. The molecule has 2 aromatic rings. The normalized spacial score (nSPS) is 14.5. The van der Waals surface area contributed by atoms with Crippen LogP contribution in [0.25, 0.3) is 0 Å². The van der Waals surface area contributed by atoms with Crippen molar-refractivity contribution in [1.82, 2.24) is 0 Å². The summed E-state index contributed by atoms with van der Waals surface area (Å²) in [7, 11) is 0. The van der Waals surface area contributed by atoms with Crippen molar-refractivity contribution in [1.29, 1.82) is 0 Å². The van der Waals surface area contributed by atoms with Crippen molar-refractivity contribution >= 4 is 17.3 Å². The molecular weight excluding hydrogens is 349 g/mol. The molecule has 1 aliphatic rings. The van der Waals surface area contributed by atoms with E-state index in [1.807, 2.05) is 0 Å². The van der Waals surface area contributed by atoms with Gasteiger partial charge < -0.3 is 20.1 Å². The van der Waals surface area contributed by atoms with Crippen LogP contribution in [0.1, 0.15) is 12.5 Å². The quantitative estimate of drug-likeness (QED) is 0.861. The number of fused-ring (bicyclic) bond motifs is 1. The predicted octanol–water partition coefficient (Wildman–Crippen LogP) is 3.92. The summed E-state index contributed by atoms with van der Waals surface area (Å²) >= 11 is 0. The molecule has 8 heteroatoms. The summed E-state index contributed by atoms with van der Waals surface area (Å²) in [5, 5.41) is 5.60. The molecule has 1 amide bonds. The molecule has 5 nitrogen and oxygen atoms in total. The molecule has 0 saturated heterocycles. The summed E-state index contributed by atoms with van der Waals surface area (Å²) in [4.78, 5) is 12.2. The average Bonchev–Trinajstić information content (AvgIpc) is 2.61. The molecule has 0 bridgehead atoms. The predicted molar refractivity (Wildman–Crippen MR) is 90.6 cm³/mol. The molecule has 1 heterocycles. The number of alkyl halides is 3. The lowest BCUT2D eigenvalue weighted by Gasteiger charge is -2.20. The summed E-state index contributed by atoms with van der Waals surface area (Å²) < 4.78 is 48.6. The van der Waals surface area contributed by atoms with E-state index >= 15 is 0 Å². The SMILES string of the molecule is C[C@H](Nc1ccc2c(c1)OCCO2)C(=O)Nc1ccc(C(F)(F)F)cc1. The topological polar surface area (TPSA) is 59.6 Å². The second kappa shape index (κ2) is 7.15. The van der Waals surface area contributed by atoms with Gasteiger partial charge in [-0.15, -0.1) is 0 Å². The van der Waals surface area contributed by atoms with E-state index in [1.54, 1.807) is 25.1 Å².